The van der Waals surface area contributed by atoms with Gasteiger partial charge in [0.25, 0.3) is 5.91 Å². The molecule has 0 spiro atoms. The molecule has 1 aromatic carbocycles. The molecule has 3 rings (SSSR count). The van der Waals surface area contributed by atoms with Gasteiger partial charge in [-0.25, -0.2) is 8.42 Å². The van der Waals surface area contributed by atoms with Crippen LogP contribution in [0.5, 0.6) is 0 Å². The van der Waals surface area contributed by atoms with Crippen molar-refractivity contribution < 1.29 is 23.2 Å². The Morgan fingerprint density at radius 2 is 1.77 bits per heavy atom. The predicted octanol–water partition coefficient (Wildman–Crippen LogP) is -1.81. The zero-order valence-corrected chi connectivity index (χ0v) is 13.1. The average Bonchev–Trinajstić information content (AvgIpc) is 2.80. The number of piperazine rings is 1. The first-order chi connectivity index (χ1) is 10.5. The smallest absolute Gasteiger partial charge is 0.254 e. The zero-order chi connectivity index (χ0) is 15.7. The molecule has 0 saturated carbocycles. The van der Waals surface area contributed by atoms with Gasteiger partial charge >= 0.3 is 0 Å². The molecule has 0 radical (unpaired) electrons. The first-order valence-corrected chi connectivity index (χ1v) is 9.36. The molecule has 2 fully saturated rings. The highest BCUT2D eigenvalue weighted by atomic mass is 32.2. The summed E-state index contributed by atoms with van der Waals surface area (Å²) in [5.41, 5.74) is 0.675. The molecule has 1 aromatic rings. The summed E-state index contributed by atoms with van der Waals surface area (Å²) in [6.07, 6.45) is -0.781. The summed E-state index contributed by atoms with van der Waals surface area (Å²) < 4.78 is 23.2. The second-order valence-corrected chi connectivity index (χ2v) is 8.22. The maximum Gasteiger partial charge on any atom is 0.254 e. The topological polar surface area (TPSA) is 79.1 Å². The van der Waals surface area contributed by atoms with E-state index in [2.05, 4.69) is 0 Å². The summed E-state index contributed by atoms with van der Waals surface area (Å²) in [5, 5.41) is 9.95. The van der Waals surface area contributed by atoms with Crippen molar-refractivity contribution in [1.82, 2.24) is 4.90 Å². The van der Waals surface area contributed by atoms with Gasteiger partial charge in [-0.3, -0.25) is 4.79 Å². The van der Waals surface area contributed by atoms with Crippen LogP contribution in [0.25, 0.3) is 0 Å². The number of hydrogen-bond acceptors (Lipinski definition) is 4. The van der Waals surface area contributed by atoms with Gasteiger partial charge in [0, 0.05) is 5.56 Å². The lowest BCUT2D eigenvalue weighted by atomic mass is 10.1. The van der Waals surface area contributed by atoms with Crippen LogP contribution in [-0.4, -0.2) is 74.2 Å². The average molecular weight is 325 g/mol. The van der Waals surface area contributed by atoms with E-state index in [4.69, 9.17) is 0 Å². The second kappa shape index (κ2) is 5.98. The molecule has 2 heterocycles. The molecule has 2 N–H and O–H groups in total. The molecule has 2 atom stereocenters. The number of carbonyl (C=O) groups excluding carboxylic acids is 1. The van der Waals surface area contributed by atoms with Crippen molar-refractivity contribution in [2.45, 2.75) is 12.1 Å². The minimum atomic E-state index is -3.12. The Kier molecular flexibility index (Phi) is 4.20. The van der Waals surface area contributed by atoms with Crippen LogP contribution in [0.2, 0.25) is 0 Å². The molecule has 120 valence electrons. The Hall–Kier alpha value is -1.44. The van der Waals surface area contributed by atoms with Crippen LogP contribution >= 0.6 is 0 Å². The largest absolute Gasteiger partial charge is 0.386 e. The van der Waals surface area contributed by atoms with E-state index in [-0.39, 0.29) is 23.5 Å². The minimum absolute atomic E-state index is 0.0132. The molecule has 0 unspecified atom stereocenters. The highest BCUT2D eigenvalue weighted by molar-refractivity contribution is 7.91. The molecule has 0 aromatic heterocycles. The molecule has 0 bridgehead atoms. The van der Waals surface area contributed by atoms with Crippen molar-refractivity contribution in [3.8, 4) is 0 Å². The van der Waals surface area contributed by atoms with Gasteiger partial charge in [-0.15, -0.1) is 0 Å². The Morgan fingerprint density at radius 3 is 2.32 bits per heavy atom. The monoisotopic (exact) mass is 325 g/mol. The number of aliphatic hydroxyl groups is 1. The summed E-state index contributed by atoms with van der Waals surface area (Å²) >= 11 is 0. The number of aliphatic hydroxyl groups excluding tert-OH is 1. The van der Waals surface area contributed by atoms with Gasteiger partial charge in [0.15, 0.2) is 9.84 Å². The maximum atomic E-state index is 12.4. The standard InChI is InChI=1S/C15H20N2O4S/c18-14-11-22(20,21)10-13(14)16-6-8-17(9-7-16)15(19)12-4-2-1-3-5-12/h1-5,13-14,18H,6-11H2/p+1/t13-,14+/m0/s1. The molecule has 2 aliphatic rings. The van der Waals surface area contributed by atoms with Crippen LogP contribution in [0.3, 0.4) is 0 Å². The van der Waals surface area contributed by atoms with E-state index in [1.165, 1.54) is 0 Å². The summed E-state index contributed by atoms with van der Waals surface area (Å²) in [6.45, 7) is 2.53. The third kappa shape index (κ3) is 3.16. The molecule has 1 amide bonds. The number of quaternary nitrogens is 1. The summed E-state index contributed by atoms with van der Waals surface area (Å²) in [5.74, 6) is -0.0662. The van der Waals surface area contributed by atoms with Crippen LogP contribution in [0.4, 0.5) is 0 Å². The van der Waals surface area contributed by atoms with Crippen molar-refractivity contribution in [2.75, 3.05) is 37.7 Å². The second-order valence-electron chi connectivity index (χ2n) is 6.07. The number of rotatable bonds is 2. The third-order valence-corrected chi connectivity index (χ3v) is 6.28. The van der Waals surface area contributed by atoms with Gasteiger partial charge in [-0.2, -0.15) is 0 Å². The van der Waals surface area contributed by atoms with Gasteiger partial charge in [0.2, 0.25) is 0 Å². The molecule has 22 heavy (non-hydrogen) atoms. The molecule has 2 saturated heterocycles. The number of nitrogens with zero attached hydrogens (tertiary/aromatic N) is 1. The van der Waals surface area contributed by atoms with E-state index in [0.717, 1.165) is 4.90 Å². The maximum absolute atomic E-state index is 12.4. The third-order valence-electron chi connectivity index (χ3n) is 4.56. The van der Waals surface area contributed by atoms with Gasteiger partial charge in [0.05, 0.1) is 31.9 Å². The van der Waals surface area contributed by atoms with Crippen molar-refractivity contribution >= 4 is 15.7 Å². The van der Waals surface area contributed by atoms with Crippen molar-refractivity contribution in [1.29, 1.82) is 0 Å². The molecule has 0 aliphatic carbocycles. The van der Waals surface area contributed by atoms with Crippen LogP contribution < -0.4 is 4.90 Å². The lowest BCUT2D eigenvalue weighted by molar-refractivity contribution is -0.929. The van der Waals surface area contributed by atoms with Crippen molar-refractivity contribution in [2.24, 2.45) is 0 Å². The van der Waals surface area contributed by atoms with E-state index in [9.17, 15) is 18.3 Å². The molecule has 2 aliphatic heterocycles. The van der Waals surface area contributed by atoms with Crippen LogP contribution in [0.1, 0.15) is 10.4 Å². The SMILES string of the molecule is O=C(c1ccccc1)N1CC[NH+]([C@H]2CS(=O)(=O)C[C@H]2O)CC1. The Labute approximate surface area is 130 Å². The molecular weight excluding hydrogens is 304 g/mol. The number of hydrogen-bond donors (Lipinski definition) is 2. The summed E-state index contributed by atoms with van der Waals surface area (Å²) in [6, 6.07) is 8.91. The zero-order valence-electron chi connectivity index (χ0n) is 12.3. The number of sulfone groups is 1. The molecule has 7 heteroatoms. The van der Waals surface area contributed by atoms with Crippen LogP contribution in [-0.2, 0) is 9.84 Å². The number of carbonyl (C=O) groups is 1. The quantitative estimate of drug-likeness (QED) is 0.671. The number of nitrogens with one attached hydrogen (secondary N) is 1. The van der Waals surface area contributed by atoms with E-state index in [0.29, 0.717) is 31.7 Å². The fourth-order valence-electron chi connectivity index (χ4n) is 3.35. The summed E-state index contributed by atoms with van der Waals surface area (Å²) in [7, 11) is -3.12. The van der Waals surface area contributed by atoms with E-state index >= 15 is 0 Å². The summed E-state index contributed by atoms with van der Waals surface area (Å²) in [4.78, 5) is 15.3. The van der Waals surface area contributed by atoms with Gasteiger partial charge in [-0.1, -0.05) is 18.2 Å². The normalized spacial score (nSPS) is 28.7. The highest BCUT2D eigenvalue weighted by Crippen LogP contribution is 2.11. The molecule has 6 nitrogen and oxygen atoms in total. The first kappa shape index (κ1) is 15.5. The van der Waals surface area contributed by atoms with Gasteiger partial charge in [-0.05, 0) is 12.1 Å². The molecular formula is C15H21N2O4S+. The van der Waals surface area contributed by atoms with Crippen molar-refractivity contribution in [3.05, 3.63) is 35.9 Å². The fraction of sp³-hybridized carbons (Fsp3) is 0.533. The van der Waals surface area contributed by atoms with Gasteiger partial charge < -0.3 is 14.9 Å². The lowest BCUT2D eigenvalue weighted by Gasteiger charge is -2.35. The predicted molar refractivity (Wildman–Crippen MR) is 81.5 cm³/mol. The van der Waals surface area contributed by atoms with Crippen molar-refractivity contribution in [3.63, 3.8) is 0 Å². The number of benzene rings is 1. The Bertz CT molecular complexity index is 639. The van der Waals surface area contributed by atoms with E-state index in [1.807, 2.05) is 18.2 Å². The first-order valence-electron chi connectivity index (χ1n) is 7.54. The van der Waals surface area contributed by atoms with Gasteiger partial charge in [0.1, 0.15) is 17.9 Å². The van der Waals surface area contributed by atoms with Crippen LogP contribution in [0.15, 0.2) is 30.3 Å². The van der Waals surface area contributed by atoms with E-state index in [1.54, 1.807) is 17.0 Å². The van der Waals surface area contributed by atoms with Crippen LogP contribution in [0, 0.1) is 0 Å². The fourth-order valence-corrected chi connectivity index (χ4v) is 5.24. The minimum Gasteiger partial charge on any atom is -0.386 e. The lowest BCUT2D eigenvalue weighted by Crippen LogP contribution is -3.19. The highest BCUT2D eigenvalue weighted by Gasteiger charge is 2.44. The Balaban J connectivity index is 1.60. The Morgan fingerprint density at radius 1 is 1.14 bits per heavy atom. The number of amides is 1. The van der Waals surface area contributed by atoms with E-state index < -0.39 is 15.9 Å².